The highest BCUT2D eigenvalue weighted by Crippen LogP contribution is 2.32. The van der Waals surface area contributed by atoms with Crippen molar-refractivity contribution < 1.29 is 17.5 Å². The summed E-state index contributed by atoms with van der Waals surface area (Å²) in [4.78, 5) is 8.79. The topological polar surface area (TPSA) is 90.2 Å². The zero-order chi connectivity index (χ0) is 23.8. The van der Waals surface area contributed by atoms with Gasteiger partial charge >= 0.3 is 0 Å². The maximum atomic E-state index is 14.2. The van der Waals surface area contributed by atoms with Crippen molar-refractivity contribution in [3.63, 3.8) is 0 Å². The van der Waals surface area contributed by atoms with Crippen molar-refractivity contribution in [2.24, 2.45) is 7.05 Å². The molecule has 0 saturated heterocycles. The first kappa shape index (κ1) is 22.4. The molecule has 0 bridgehead atoms. The van der Waals surface area contributed by atoms with Gasteiger partial charge in [-0.3, -0.25) is 4.68 Å². The van der Waals surface area contributed by atoms with Crippen LogP contribution in [0.1, 0.15) is 11.1 Å². The van der Waals surface area contributed by atoms with Gasteiger partial charge in [-0.25, -0.2) is 22.1 Å². The van der Waals surface area contributed by atoms with Gasteiger partial charge in [0, 0.05) is 31.9 Å². The molecule has 4 aromatic rings. The Morgan fingerprint density at radius 2 is 1.73 bits per heavy atom. The van der Waals surface area contributed by atoms with Crippen LogP contribution in [0.5, 0.6) is 11.6 Å². The van der Waals surface area contributed by atoms with E-state index < -0.39 is 15.8 Å². The lowest BCUT2D eigenvalue weighted by Crippen LogP contribution is -2.28. The largest absolute Gasteiger partial charge is 0.436 e. The van der Waals surface area contributed by atoms with Crippen molar-refractivity contribution in [2.45, 2.75) is 18.7 Å². The van der Waals surface area contributed by atoms with Crippen molar-refractivity contribution in [1.82, 2.24) is 19.7 Å². The van der Waals surface area contributed by atoms with Crippen LogP contribution >= 0.6 is 0 Å². The highest BCUT2D eigenvalue weighted by Gasteiger charge is 2.26. The van der Waals surface area contributed by atoms with Crippen LogP contribution in [0.25, 0.3) is 11.3 Å². The second-order valence-electron chi connectivity index (χ2n) is 7.51. The molecule has 0 saturated carbocycles. The Labute approximate surface area is 191 Å². The lowest BCUT2D eigenvalue weighted by atomic mass is 10.00. The zero-order valence-corrected chi connectivity index (χ0v) is 19.3. The molecule has 4 rings (SSSR count). The Balaban J connectivity index is 1.86. The Morgan fingerprint density at radius 3 is 2.36 bits per heavy atom. The second kappa shape index (κ2) is 8.62. The van der Waals surface area contributed by atoms with E-state index in [1.54, 1.807) is 25.2 Å². The fourth-order valence-corrected chi connectivity index (χ4v) is 4.47. The third-order valence-corrected chi connectivity index (χ3v) is 6.79. The number of sulfonamides is 1. The molecule has 0 aliphatic rings. The fraction of sp³-hybridized carbons (Fsp3) is 0.174. The van der Waals surface area contributed by atoms with Crippen LogP contribution in [-0.4, -0.2) is 35.2 Å². The molecule has 0 fully saturated rings. The average molecular weight is 468 g/mol. The van der Waals surface area contributed by atoms with E-state index in [9.17, 15) is 12.8 Å². The minimum atomic E-state index is -3.99. The van der Waals surface area contributed by atoms with Gasteiger partial charge in [-0.15, -0.1) is 0 Å². The molecule has 0 aliphatic carbocycles. The van der Waals surface area contributed by atoms with Crippen molar-refractivity contribution in [1.29, 1.82) is 0 Å². The minimum Gasteiger partial charge on any atom is -0.436 e. The van der Waals surface area contributed by atoms with E-state index in [1.807, 2.05) is 32.0 Å². The highest BCUT2D eigenvalue weighted by molar-refractivity contribution is 7.92. The number of para-hydroxylation sites is 1. The number of halogens is 1. The van der Waals surface area contributed by atoms with Crippen LogP contribution in [-0.2, 0) is 17.1 Å². The van der Waals surface area contributed by atoms with Gasteiger partial charge in [0.1, 0.15) is 4.90 Å². The van der Waals surface area contributed by atoms with Crippen molar-refractivity contribution in [3.8, 4) is 22.9 Å². The summed E-state index contributed by atoms with van der Waals surface area (Å²) in [6, 6.07) is 13.3. The van der Waals surface area contributed by atoms with E-state index in [2.05, 4.69) is 15.1 Å². The van der Waals surface area contributed by atoms with Gasteiger partial charge in [0.25, 0.3) is 10.0 Å². The summed E-state index contributed by atoms with van der Waals surface area (Å²) in [5.74, 6) is -0.712. The summed E-state index contributed by atoms with van der Waals surface area (Å²) in [7, 11) is -1.02. The van der Waals surface area contributed by atoms with Gasteiger partial charge in [-0.1, -0.05) is 30.3 Å². The Morgan fingerprint density at radius 1 is 1.03 bits per heavy atom. The van der Waals surface area contributed by atoms with Crippen molar-refractivity contribution in [2.75, 3.05) is 11.4 Å². The molecule has 2 heterocycles. The first-order chi connectivity index (χ1) is 15.7. The first-order valence-corrected chi connectivity index (χ1v) is 11.5. The standard InChI is InChI=1S/C23H22FN5O3S/c1-15-8-7-9-16(2)22(15)19-12-21(32-20-11-6-5-10-18(20)24)27-23(26-19)29(4)33(30,31)17-13-25-28(3)14-17/h5-14H,1-4H3. The van der Waals surface area contributed by atoms with Gasteiger partial charge in [0.15, 0.2) is 11.6 Å². The van der Waals surface area contributed by atoms with Gasteiger partial charge in [-0.05, 0) is 37.1 Å². The number of ether oxygens (including phenoxy) is 1. The van der Waals surface area contributed by atoms with E-state index in [0.29, 0.717) is 5.69 Å². The number of hydrogen-bond donors (Lipinski definition) is 0. The van der Waals surface area contributed by atoms with Gasteiger partial charge < -0.3 is 4.74 Å². The van der Waals surface area contributed by atoms with E-state index >= 15 is 0 Å². The number of aryl methyl sites for hydroxylation is 3. The Hall–Kier alpha value is -3.79. The number of nitrogens with zero attached hydrogens (tertiary/aromatic N) is 5. The summed E-state index contributed by atoms with van der Waals surface area (Å²) < 4.78 is 48.5. The van der Waals surface area contributed by atoms with Gasteiger partial charge in [0.05, 0.1) is 11.9 Å². The minimum absolute atomic E-state index is 0.00912. The summed E-state index contributed by atoms with van der Waals surface area (Å²) in [6.07, 6.45) is 2.63. The quantitative estimate of drug-likeness (QED) is 0.421. The maximum Gasteiger partial charge on any atom is 0.269 e. The predicted octanol–water partition coefficient (Wildman–Crippen LogP) is 4.25. The smallest absolute Gasteiger partial charge is 0.269 e. The first-order valence-electron chi connectivity index (χ1n) is 10.0. The molecule has 10 heteroatoms. The fourth-order valence-electron chi connectivity index (χ4n) is 3.39. The van der Waals surface area contributed by atoms with Crippen LogP contribution in [0.4, 0.5) is 10.3 Å². The molecule has 0 atom stereocenters. The van der Waals surface area contributed by atoms with Crippen LogP contribution < -0.4 is 9.04 Å². The third-order valence-electron chi connectivity index (χ3n) is 5.10. The van der Waals surface area contributed by atoms with E-state index in [0.717, 1.165) is 21.0 Å². The lowest BCUT2D eigenvalue weighted by molar-refractivity contribution is 0.427. The maximum absolute atomic E-state index is 14.2. The normalized spacial score (nSPS) is 11.4. The molecule has 0 spiro atoms. The molecule has 0 unspecified atom stereocenters. The van der Waals surface area contributed by atoms with Crippen molar-refractivity contribution in [3.05, 3.63) is 77.9 Å². The SMILES string of the molecule is Cc1cccc(C)c1-c1cc(Oc2ccccc2F)nc(N(C)S(=O)(=O)c2cnn(C)c2)n1. The molecule has 170 valence electrons. The number of benzene rings is 2. The summed E-state index contributed by atoms with van der Waals surface area (Å²) in [6.45, 7) is 3.86. The molecular formula is C23H22FN5O3S. The summed E-state index contributed by atoms with van der Waals surface area (Å²) in [5, 5.41) is 3.93. The van der Waals surface area contributed by atoms with Crippen LogP contribution in [0.3, 0.4) is 0 Å². The predicted molar refractivity (Wildman–Crippen MR) is 122 cm³/mol. The van der Waals surface area contributed by atoms with E-state index in [1.165, 1.54) is 36.3 Å². The van der Waals surface area contributed by atoms with Crippen molar-refractivity contribution >= 4 is 16.0 Å². The molecule has 8 nitrogen and oxygen atoms in total. The highest BCUT2D eigenvalue weighted by atomic mass is 32.2. The molecule has 0 N–H and O–H groups in total. The summed E-state index contributed by atoms with van der Waals surface area (Å²) in [5.41, 5.74) is 3.14. The lowest BCUT2D eigenvalue weighted by Gasteiger charge is -2.19. The van der Waals surface area contributed by atoms with E-state index in [-0.39, 0.29) is 22.5 Å². The number of anilines is 1. The molecule has 33 heavy (non-hydrogen) atoms. The van der Waals surface area contributed by atoms with Gasteiger partial charge in [-0.2, -0.15) is 10.1 Å². The van der Waals surface area contributed by atoms with Crippen LogP contribution in [0.2, 0.25) is 0 Å². The molecule has 0 aliphatic heterocycles. The Bertz CT molecular complexity index is 1420. The number of hydrogen-bond acceptors (Lipinski definition) is 6. The molecule has 0 amide bonds. The number of aromatic nitrogens is 4. The van der Waals surface area contributed by atoms with E-state index in [4.69, 9.17) is 4.74 Å². The molecular weight excluding hydrogens is 445 g/mol. The monoisotopic (exact) mass is 467 g/mol. The average Bonchev–Trinajstić information content (AvgIpc) is 3.22. The zero-order valence-electron chi connectivity index (χ0n) is 18.5. The van der Waals surface area contributed by atoms with Gasteiger partial charge in [0.2, 0.25) is 11.8 Å². The van der Waals surface area contributed by atoms with Crippen LogP contribution in [0.15, 0.2) is 65.8 Å². The summed E-state index contributed by atoms with van der Waals surface area (Å²) >= 11 is 0. The second-order valence-corrected chi connectivity index (χ2v) is 9.48. The number of rotatable bonds is 6. The molecule has 2 aromatic heterocycles. The van der Waals surface area contributed by atoms with Crippen LogP contribution in [0, 0.1) is 19.7 Å². The molecule has 0 radical (unpaired) electrons. The third kappa shape index (κ3) is 4.42. The Kier molecular flexibility index (Phi) is 5.86. The molecule has 2 aromatic carbocycles.